The van der Waals surface area contributed by atoms with E-state index in [1.54, 1.807) is 0 Å². The fourth-order valence-corrected chi connectivity index (χ4v) is 3.23. The van der Waals surface area contributed by atoms with Gasteiger partial charge in [-0.15, -0.1) is 0 Å². The third-order valence-electron chi connectivity index (χ3n) is 4.92. The number of aryl methyl sites for hydroxylation is 3. The lowest BCUT2D eigenvalue weighted by Crippen LogP contribution is -2.38. The number of nitrogens with one attached hydrogen (secondary N) is 3. The lowest BCUT2D eigenvalue weighted by molar-refractivity contribution is -0.123. The van der Waals surface area contributed by atoms with Crippen molar-refractivity contribution in [3.8, 4) is 5.75 Å². The van der Waals surface area contributed by atoms with E-state index in [4.69, 9.17) is 4.74 Å². The Morgan fingerprint density at radius 2 is 2.10 bits per heavy atom. The molecule has 3 N–H and O–H groups in total. The first kappa shape index (κ1) is 22.7. The summed E-state index contributed by atoms with van der Waals surface area (Å²) in [6, 6.07) is 10.2. The molecule has 1 amide bonds. The van der Waals surface area contributed by atoms with Crippen LogP contribution in [0, 0.1) is 13.8 Å². The normalized spacial score (nSPS) is 13.7. The van der Waals surface area contributed by atoms with Crippen molar-refractivity contribution in [2.24, 2.45) is 4.99 Å². The van der Waals surface area contributed by atoms with E-state index < -0.39 is 0 Å². The average molecular weight is 427 g/mol. The Morgan fingerprint density at radius 3 is 2.81 bits per heavy atom. The molecular weight excluding hydrogens is 392 g/mol. The molecule has 0 unspecified atom stereocenters. The molecule has 0 spiro atoms. The summed E-state index contributed by atoms with van der Waals surface area (Å²) in [6.07, 6.45) is 3.10. The SMILES string of the molecule is CCNC(=NCc1cccc(OCC(=O)NC2CC2)c1)NCCCn1nc(C)cc1C. The predicted molar refractivity (Wildman–Crippen MR) is 122 cm³/mol. The second-order valence-corrected chi connectivity index (χ2v) is 7.90. The van der Waals surface area contributed by atoms with Crippen molar-refractivity contribution >= 4 is 11.9 Å². The van der Waals surface area contributed by atoms with Gasteiger partial charge in [0.15, 0.2) is 12.6 Å². The van der Waals surface area contributed by atoms with Crippen molar-refractivity contribution in [2.75, 3.05) is 19.7 Å². The number of hydrogen-bond acceptors (Lipinski definition) is 4. The number of aromatic nitrogens is 2. The Balaban J connectivity index is 1.45. The Hall–Kier alpha value is -3.03. The molecule has 8 nitrogen and oxygen atoms in total. The van der Waals surface area contributed by atoms with Gasteiger partial charge in [-0.25, -0.2) is 4.99 Å². The molecule has 1 aliphatic rings. The molecule has 1 saturated carbocycles. The largest absolute Gasteiger partial charge is 0.484 e. The van der Waals surface area contributed by atoms with E-state index in [1.807, 2.05) is 42.8 Å². The van der Waals surface area contributed by atoms with Gasteiger partial charge in [-0.1, -0.05) is 12.1 Å². The fourth-order valence-electron chi connectivity index (χ4n) is 3.23. The third kappa shape index (κ3) is 7.96. The van der Waals surface area contributed by atoms with Gasteiger partial charge >= 0.3 is 0 Å². The van der Waals surface area contributed by atoms with E-state index >= 15 is 0 Å². The molecule has 0 saturated heterocycles. The molecule has 8 heteroatoms. The summed E-state index contributed by atoms with van der Waals surface area (Å²) in [5.41, 5.74) is 3.26. The molecule has 1 aliphatic carbocycles. The molecule has 0 bridgehead atoms. The number of aliphatic imine (C=N–C) groups is 1. The van der Waals surface area contributed by atoms with Crippen LogP contribution in [0.5, 0.6) is 5.75 Å². The summed E-state index contributed by atoms with van der Waals surface area (Å²) < 4.78 is 7.66. The van der Waals surface area contributed by atoms with Crippen molar-refractivity contribution in [3.63, 3.8) is 0 Å². The number of nitrogens with zero attached hydrogens (tertiary/aromatic N) is 3. The Kier molecular flexibility index (Phi) is 8.32. The van der Waals surface area contributed by atoms with Gasteiger partial charge in [0, 0.05) is 31.4 Å². The molecule has 168 valence electrons. The number of rotatable bonds is 11. The van der Waals surface area contributed by atoms with Crippen molar-refractivity contribution in [1.82, 2.24) is 25.7 Å². The van der Waals surface area contributed by atoms with Crippen LogP contribution in [0.4, 0.5) is 0 Å². The summed E-state index contributed by atoms with van der Waals surface area (Å²) in [5, 5.41) is 14.1. The van der Waals surface area contributed by atoms with Gasteiger partial charge in [0.05, 0.1) is 12.2 Å². The highest BCUT2D eigenvalue weighted by Crippen LogP contribution is 2.18. The smallest absolute Gasteiger partial charge is 0.258 e. The molecule has 3 rings (SSSR count). The number of carbonyl (C=O) groups is 1. The van der Waals surface area contributed by atoms with Crippen LogP contribution in [0.2, 0.25) is 0 Å². The van der Waals surface area contributed by atoms with Gasteiger partial charge in [-0.05, 0) is 63.8 Å². The first-order chi connectivity index (χ1) is 15.0. The van der Waals surface area contributed by atoms with Crippen LogP contribution in [0.3, 0.4) is 0 Å². The molecule has 0 aliphatic heterocycles. The highest BCUT2D eigenvalue weighted by Gasteiger charge is 2.23. The molecule has 2 aromatic rings. The van der Waals surface area contributed by atoms with Crippen molar-refractivity contribution in [2.45, 2.75) is 59.2 Å². The van der Waals surface area contributed by atoms with Gasteiger partial charge in [0.1, 0.15) is 5.75 Å². The first-order valence-corrected chi connectivity index (χ1v) is 11.1. The number of hydrogen-bond donors (Lipinski definition) is 3. The van der Waals surface area contributed by atoms with Crippen molar-refractivity contribution in [3.05, 3.63) is 47.3 Å². The van der Waals surface area contributed by atoms with Crippen LogP contribution in [-0.4, -0.2) is 47.4 Å². The zero-order chi connectivity index (χ0) is 22.1. The molecular formula is C23H34N6O2. The molecule has 0 atom stereocenters. The minimum absolute atomic E-state index is 0.0443. The van der Waals surface area contributed by atoms with Gasteiger partial charge < -0.3 is 20.7 Å². The summed E-state index contributed by atoms with van der Waals surface area (Å²) in [7, 11) is 0. The highest BCUT2D eigenvalue weighted by molar-refractivity contribution is 5.79. The maximum atomic E-state index is 11.8. The van der Waals surface area contributed by atoms with E-state index in [-0.39, 0.29) is 12.5 Å². The topological polar surface area (TPSA) is 92.6 Å². The molecule has 1 heterocycles. The number of carbonyl (C=O) groups excluding carboxylic acids is 1. The molecule has 1 fully saturated rings. The fraction of sp³-hybridized carbons (Fsp3) is 0.522. The van der Waals surface area contributed by atoms with Crippen molar-refractivity contribution < 1.29 is 9.53 Å². The zero-order valence-corrected chi connectivity index (χ0v) is 18.8. The van der Waals surface area contributed by atoms with E-state index in [0.29, 0.717) is 18.3 Å². The molecule has 31 heavy (non-hydrogen) atoms. The summed E-state index contributed by atoms with van der Waals surface area (Å²) in [4.78, 5) is 16.5. The first-order valence-electron chi connectivity index (χ1n) is 11.1. The van der Waals surface area contributed by atoms with Gasteiger partial charge in [-0.3, -0.25) is 9.48 Å². The average Bonchev–Trinajstić information content (AvgIpc) is 3.50. The zero-order valence-electron chi connectivity index (χ0n) is 18.8. The number of guanidine groups is 1. The Labute approximate surface area is 184 Å². The van der Waals surface area contributed by atoms with Crippen LogP contribution in [0.1, 0.15) is 43.1 Å². The summed E-state index contributed by atoms with van der Waals surface area (Å²) in [6.45, 7) is 9.19. The second-order valence-electron chi connectivity index (χ2n) is 7.90. The molecule has 1 aromatic heterocycles. The van der Waals surface area contributed by atoms with Crippen LogP contribution in [-0.2, 0) is 17.9 Å². The molecule has 1 aromatic carbocycles. The minimum Gasteiger partial charge on any atom is -0.484 e. The summed E-state index contributed by atoms with van der Waals surface area (Å²) in [5.74, 6) is 1.40. The van der Waals surface area contributed by atoms with Gasteiger partial charge in [0.25, 0.3) is 5.91 Å². The Morgan fingerprint density at radius 1 is 1.26 bits per heavy atom. The Bertz CT molecular complexity index is 888. The highest BCUT2D eigenvalue weighted by atomic mass is 16.5. The van der Waals surface area contributed by atoms with Crippen molar-refractivity contribution in [1.29, 1.82) is 0 Å². The standard InChI is InChI=1S/C23H34N6O2/c1-4-24-23(25-11-6-12-29-18(3)13-17(2)28-29)26-15-19-7-5-8-21(14-19)31-16-22(30)27-20-9-10-20/h5,7-8,13-14,20H,4,6,9-12,15-16H2,1-3H3,(H,27,30)(H2,24,25,26). The van der Waals surface area contributed by atoms with E-state index in [2.05, 4.69) is 39.0 Å². The van der Waals surface area contributed by atoms with E-state index in [9.17, 15) is 4.79 Å². The monoisotopic (exact) mass is 426 g/mol. The van der Waals surface area contributed by atoms with Gasteiger partial charge in [-0.2, -0.15) is 5.10 Å². The third-order valence-corrected chi connectivity index (χ3v) is 4.92. The van der Waals surface area contributed by atoms with Gasteiger partial charge in [0.2, 0.25) is 0 Å². The van der Waals surface area contributed by atoms with E-state index in [1.165, 1.54) is 5.69 Å². The maximum Gasteiger partial charge on any atom is 0.258 e. The van der Waals surface area contributed by atoms with E-state index in [0.717, 1.165) is 56.1 Å². The van der Waals surface area contributed by atoms with Crippen LogP contribution < -0.4 is 20.7 Å². The maximum absolute atomic E-state index is 11.8. The minimum atomic E-state index is -0.0648. The number of amides is 1. The van der Waals surface area contributed by atoms with Crippen LogP contribution in [0.15, 0.2) is 35.3 Å². The lowest BCUT2D eigenvalue weighted by atomic mass is 10.2. The number of benzene rings is 1. The summed E-state index contributed by atoms with van der Waals surface area (Å²) >= 11 is 0. The quantitative estimate of drug-likeness (QED) is 0.291. The van der Waals surface area contributed by atoms with Crippen LogP contribution >= 0.6 is 0 Å². The predicted octanol–water partition coefficient (Wildman–Crippen LogP) is 2.30. The number of ether oxygens (including phenoxy) is 1. The van der Waals surface area contributed by atoms with Crippen LogP contribution in [0.25, 0.3) is 0 Å². The lowest BCUT2D eigenvalue weighted by Gasteiger charge is -2.12. The molecule has 0 radical (unpaired) electrons. The second kappa shape index (κ2) is 11.4.